The smallest absolute Gasteiger partial charge is 0.337 e. The number of hydrogen-bond donors (Lipinski definition) is 2. The molecule has 6 nitrogen and oxygen atoms in total. The van der Waals surface area contributed by atoms with Crippen molar-refractivity contribution in [1.82, 2.24) is 9.88 Å². The van der Waals surface area contributed by atoms with Crippen LogP contribution in [-0.4, -0.2) is 29.6 Å². The van der Waals surface area contributed by atoms with Crippen LogP contribution in [0.15, 0.2) is 18.2 Å². The van der Waals surface area contributed by atoms with Gasteiger partial charge in [-0.15, -0.1) is 0 Å². The fourth-order valence-corrected chi connectivity index (χ4v) is 4.45. The lowest BCUT2D eigenvalue weighted by Crippen LogP contribution is -2.32. The van der Waals surface area contributed by atoms with Crippen LogP contribution in [0.5, 0.6) is 0 Å². The van der Waals surface area contributed by atoms with Gasteiger partial charge < -0.3 is 15.8 Å². The summed E-state index contributed by atoms with van der Waals surface area (Å²) >= 11 is 6.63. The van der Waals surface area contributed by atoms with Gasteiger partial charge in [-0.25, -0.2) is 4.79 Å². The van der Waals surface area contributed by atoms with E-state index in [1.807, 2.05) is 6.92 Å². The Morgan fingerprint density at radius 2 is 2.04 bits per heavy atom. The minimum absolute atomic E-state index is 0.189. The number of ether oxygens (including phenoxy) is 1. The van der Waals surface area contributed by atoms with Crippen LogP contribution in [0, 0.1) is 10.9 Å². The fourth-order valence-electron chi connectivity index (χ4n) is 3.19. The molecule has 1 aliphatic carbocycles. The first-order chi connectivity index (χ1) is 12.4. The van der Waals surface area contributed by atoms with Gasteiger partial charge in [0.15, 0.2) is 3.95 Å². The van der Waals surface area contributed by atoms with Crippen molar-refractivity contribution in [3.63, 3.8) is 0 Å². The molecule has 3 N–H and O–H groups in total. The number of aromatic nitrogens is 1. The number of carbonyl (C=O) groups is 2. The number of thiazole rings is 1. The molecular weight excluding hydrogens is 370 g/mol. The molecule has 1 fully saturated rings. The van der Waals surface area contributed by atoms with Crippen molar-refractivity contribution in [2.24, 2.45) is 0 Å². The second kappa shape index (κ2) is 7.59. The number of anilines is 1. The van der Waals surface area contributed by atoms with E-state index in [4.69, 9.17) is 22.7 Å². The summed E-state index contributed by atoms with van der Waals surface area (Å²) in [6.07, 6.45) is 4.27. The van der Waals surface area contributed by atoms with Crippen molar-refractivity contribution in [2.45, 2.75) is 38.6 Å². The first kappa shape index (κ1) is 18.6. The Bertz CT molecular complexity index is 911. The number of aryl methyl sites for hydroxylation is 1. The number of nitrogen functional groups attached to an aromatic ring is 1. The minimum atomic E-state index is -0.439. The van der Waals surface area contributed by atoms with E-state index in [0.29, 0.717) is 25.9 Å². The SMILES string of the molecule is COC(=O)c1ccc(C)c(-n2c(N)c(C(=O)NC3CCCC3)sc2=S)c1. The summed E-state index contributed by atoms with van der Waals surface area (Å²) in [6, 6.07) is 5.37. The standard InChI is InChI=1S/C18H21N3O3S2/c1-10-7-8-11(17(23)24-2)9-13(10)21-15(19)14(26-18(21)25)16(22)20-12-5-3-4-6-12/h7-9,12H,3-6,19H2,1-2H3,(H,20,22). The number of methoxy groups -OCH3 is 1. The van der Waals surface area contributed by atoms with Crippen LogP contribution >= 0.6 is 23.6 Å². The van der Waals surface area contributed by atoms with Gasteiger partial charge in [-0.1, -0.05) is 30.2 Å². The number of hydrogen-bond acceptors (Lipinski definition) is 6. The van der Waals surface area contributed by atoms with Gasteiger partial charge in [0.05, 0.1) is 18.4 Å². The molecule has 26 heavy (non-hydrogen) atoms. The van der Waals surface area contributed by atoms with E-state index in [0.717, 1.165) is 31.2 Å². The third kappa shape index (κ3) is 3.52. The number of nitrogens with zero attached hydrogens (tertiary/aromatic N) is 1. The van der Waals surface area contributed by atoms with E-state index in [9.17, 15) is 9.59 Å². The van der Waals surface area contributed by atoms with E-state index in [2.05, 4.69) is 5.32 Å². The highest BCUT2D eigenvalue weighted by Gasteiger charge is 2.23. The van der Waals surface area contributed by atoms with Crippen LogP contribution in [0.25, 0.3) is 5.69 Å². The van der Waals surface area contributed by atoms with E-state index in [-0.39, 0.29) is 11.9 Å². The van der Waals surface area contributed by atoms with Crippen molar-refractivity contribution in [3.8, 4) is 5.69 Å². The number of rotatable bonds is 4. The van der Waals surface area contributed by atoms with Gasteiger partial charge in [0.2, 0.25) is 0 Å². The third-order valence-electron chi connectivity index (χ3n) is 4.61. The van der Waals surface area contributed by atoms with E-state index < -0.39 is 5.97 Å². The molecule has 0 unspecified atom stereocenters. The molecule has 1 aliphatic rings. The molecular formula is C18H21N3O3S2. The van der Waals surface area contributed by atoms with Gasteiger partial charge in [-0.2, -0.15) is 0 Å². The molecule has 1 saturated carbocycles. The largest absolute Gasteiger partial charge is 0.465 e. The molecule has 138 valence electrons. The Balaban J connectivity index is 1.99. The molecule has 0 aliphatic heterocycles. The lowest BCUT2D eigenvalue weighted by atomic mass is 10.1. The Hall–Kier alpha value is -2.19. The normalized spacial score (nSPS) is 14.4. The highest BCUT2D eigenvalue weighted by molar-refractivity contribution is 7.73. The summed E-state index contributed by atoms with van der Waals surface area (Å²) in [5.74, 6) is -0.336. The second-order valence-electron chi connectivity index (χ2n) is 6.37. The predicted octanol–water partition coefficient (Wildman–Crippen LogP) is 3.62. The lowest BCUT2D eigenvalue weighted by Gasteiger charge is -2.13. The molecule has 1 heterocycles. The maximum Gasteiger partial charge on any atom is 0.337 e. The fraction of sp³-hybridized carbons (Fsp3) is 0.389. The molecule has 0 bridgehead atoms. The number of nitrogens with two attached hydrogens (primary N) is 1. The topological polar surface area (TPSA) is 86.3 Å². The summed E-state index contributed by atoms with van der Waals surface area (Å²) in [5, 5.41) is 3.04. The van der Waals surface area contributed by atoms with Gasteiger partial charge in [0.1, 0.15) is 10.7 Å². The predicted molar refractivity (Wildman–Crippen MR) is 105 cm³/mol. The molecule has 2 aromatic rings. The molecule has 1 aromatic carbocycles. The van der Waals surface area contributed by atoms with E-state index >= 15 is 0 Å². The zero-order chi connectivity index (χ0) is 18.8. The van der Waals surface area contributed by atoms with Crippen LogP contribution < -0.4 is 11.1 Å². The van der Waals surface area contributed by atoms with Crippen molar-refractivity contribution in [2.75, 3.05) is 12.8 Å². The average molecular weight is 392 g/mol. The number of benzene rings is 1. The van der Waals surface area contributed by atoms with Gasteiger partial charge in [0, 0.05) is 6.04 Å². The summed E-state index contributed by atoms with van der Waals surface area (Å²) in [6.45, 7) is 1.90. The van der Waals surface area contributed by atoms with Crippen molar-refractivity contribution in [3.05, 3.63) is 38.2 Å². The van der Waals surface area contributed by atoms with Crippen LogP contribution in [0.2, 0.25) is 0 Å². The van der Waals surface area contributed by atoms with Crippen LogP contribution in [0.3, 0.4) is 0 Å². The number of amides is 1. The quantitative estimate of drug-likeness (QED) is 0.614. The Morgan fingerprint density at radius 3 is 2.69 bits per heavy atom. The monoisotopic (exact) mass is 391 g/mol. The summed E-state index contributed by atoms with van der Waals surface area (Å²) in [4.78, 5) is 24.9. The minimum Gasteiger partial charge on any atom is -0.465 e. The number of esters is 1. The Kier molecular flexibility index (Phi) is 5.43. The van der Waals surface area contributed by atoms with Crippen molar-refractivity contribution in [1.29, 1.82) is 0 Å². The second-order valence-corrected chi connectivity index (χ2v) is 8.01. The lowest BCUT2D eigenvalue weighted by molar-refractivity contribution is 0.0600. The molecule has 1 amide bonds. The maximum atomic E-state index is 12.6. The number of nitrogens with one attached hydrogen (secondary N) is 1. The van der Waals surface area contributed by atoms with E-state index in [1.165, 1.54) is 18.4 Å². The summed E-state index contributed by atoms with van der Waals surface area (Å²) in [7, 11) is 1.33. The molecule has 8 heteroatoms. The first-order valence-electron chi connectivity index (χ1n) is 8.44. The van der Waals surface area contributed by atoms with Crippen molar-refractivity contribution < 1.29 is 14.3 Å². The number of carbonyl (C=O) groups excluding carboxylic acids is 2. The van der Waals surface area contributed by atoms with Crippen LogP contribution in [-0.2, 0) is 4.74 Å². The Labute approximate surface area is 161 Å². The summed E-state index contributed by atoms with van der Waals surface area (Å²) < 4.78 is 6.88. The highest BCUT2D eigenvalue weighted by Crippen LogP contribution is 2.29. The molecule has 1 aromatic heterocycles. The molecule has 0 saturated heterocycles. The zero-order valence-corrected chi connectivity index (χ0v) is 16.3. The van der Waals surface area contributed by atoms with Gasteiger partial charge in [-0.05, 0) is 49.7 Å². The maximum absolute atomic E-state index is 12.6. The van der Waals surface area contributed by atoms with Gasteiger partial charge >= 0.3 is 5.97 Å². The third-order valence-corrected chi connectivity index (χ3v) is 6.00. The molecule has 0 atom stereocenters. The van der Waals surface area contributed by atoms with Gasteiger partial charge in [-0.3, -0.25) is 9.36 Å². The summed E-state index contributed by atoms with van der Waals surface area (Å²) in [5.41, 5.74) is 8.23. The molecule has 0 radical (unpaired) electrons. The Morgan fingerprint density at radius 1 is 1.35 bits per heavy atom. The van der Waals surface area contributed by atoms with Crippen LogP contribution in [0.4, 0.5) is 5.82 Å². The molecule has 3 rings (SSSR count). The molecule has 0 spiro atoms. The van der Waals surface area contributed by atoms with Crippen molar-refractivity contribution >= 4 is 41.2 Å². The van der Waals surface area contributed by atoms with E-state index in [1.54, 1.807) is 22.8 Å². The van der Waals surface area contributed by atoms with Gasteiger partial charge in [0.25, 0.3) is 5.91 Å². The zero-order valence-electron chi connectivity index (χ0n) is 14.7. The first-order valence-corrected chi connectivity index (χ1v) is 9.66. The average Bonchev–Trinajstić information content (AvgIpc) is 3.23. The van der Waals surface area contributed by atoms with Crippen LogP contribution in [0.1, 0.15) is 51.3 Å². The highest BCUT2D eigenvalue weighted by atomic mass is 32.1.